The molecule has 0 aliphatic heterocycles. The highest BCUT2D eigenvalue weighted by Crippen LogP contribution is 2.48. The Morgan fingerprint density at radius 3 is 2.43 bits per heavy atom. The van der Waals surface area contributed by atoms with Crippen LogP contribution < -0.4 is 10.3 Å². The number of nitrogens with zero attached hydrogens (tertiary/aromatic N) is 1. The van der Waals surface area contributed by atoms with Gasteiger partial charge in [-0.2, -0.15) is 8.42 Å². The average Bonchev–Trinajstić information content (AvgIpc) is 3.65. The van der Waals surface area contributed by atoms with E-state index < -0.39 is 38.1 Å². The highest BCUT2D eigenvalue weighted by molar-refractivity contribution is 7.89. The zero-order chi connectivity index (χ0) is 25.2. The lowest BCUT2D eigenvalue weighted by Crippen LogP contribution is -2.29. The molecule has 9 nitrogen and oxygen atoms in total. The molecule has 2 atom stereocenters. The highest BCUT2D eigenvalue weighted by Gasteiger charge is 2.38. The molecule has 184 valence electrons. The fraction of sp³-hybridized carbons (Fsp3) is 0.292. The molecule has 35 heavy (non-hydrogen) atoms. The summed E-state index contributed by atoms with van der Waals surface area (Å²) in [6.07, 6.45) is 1.93. The molecule has 4 rings (SSSR count). The van der Waals surface area contributed by atoms with Crippen LogP contribution in [0.2, 0.25) is 0 Å². The molecule has 0 bridgehead atoms. The predicted molar refractivity (Wildman–Crippen MR) is 128 cm³/mol. The normalized spacial score (nSPS) is 15.3. The molecule has 2 aromatic carbocycles. The molecule has 0 saturated heterocycles. The van der Waals surface area contributed by atoms with Gasteiger partial charge >= 0.3 is 16.1 Å². The van der Waals surface area contributed by atoms with Gasteiger partial charge in [0.25, 0.3) is 0 Å². The van der Waals surface area contributed by atoms with Crippen molar-refractivity contribution >= 4 is 26.2 Å². The molecule has 2 unspecified atom stereocenters. The molecular formula is C24H24N2O7S2. The van der Waals surface area contributed by atoms with Gasteiger partial charge in [-0.1, -0.05) is 37.3 Å². The van der Waals surface area contributed by atoms with E-state index in [1.165, 1.54) is 24.3 Å². The van der Waals surface area contributed by atoms with Crippen LogP contribution in [-0.4, -0.2) is 21.9 Å². The number of sulfonamides is 1. The first-order chi connectivity index (χ1) is 16.7. The van der Waals surface area contributed by atoms with Gasteiger partial charge in [0.2, 0.25) is 10.0 Å². The number of hydrogen-bond acceptors (Lipinski definition) is 8. The summed E-state index contributed by atoms with van der Waals surface area (Å²) in [5.74, 6) is -0.753. The van der Waals surface area contributed by atoms with Crippen LogP contribution in [0, 0.1) is 5.92 Å². The molecule has 0 spiro atoms. The number of nitrogens with one attached hydrogen (secondary N) is 1. The summed E-state index contributed by atoms with van der Waals surface area (Å²) in [6.45, 7) is 1.73. The zero-order valence-electron chi connectivity index (χ0n) is 18.8. The molecule has 0 radical (unpaired) electrons. The predicted octanol–water partition coefficient (Wildman–Crippen LogP) is 4.01. The molecule has 1 aliphatic carbocycles. The van der Waals surface area contributed by atoms with Crippen molar-refractivity contribution in [2.24, 2.45) is 10.3 Å². The van der Waals surface area contributed by atoms with Gasteiger partial charge in [0.1, 0.15) is 11.5 Å². The van der Waals surface area contributed by atoms with Gasteiger partial charge in [-0.15, -0.1) is 4.36 Å². The lowest BCUT2D eigenvalue weighted by molar-refractivity contribution is 0.373. The van der Waals surface area contributed by atoms with E-state index in [1.54, 1.807) is 43.3 Å². The van der Waals surface area contributed by atoms with Crippen molar-refractivity contribution in [2.75, 3.05) is 0 Å². The zero-order valence-corrected chi connectivity index (χ0v) is 20.4. The third-order valence-electron chi connectivity index (χ3n) is 5.90. The van der Waals surface area contributed by atoms with E-state index in [-0.39, 0.29) is 40.0 Å². The van der Waals surface area contributed by atoms with Crippen LogP contribution in [0.5, 0.6) is 5.75 Å². The van der Waals surface area contributed by atoms with Crippen LogP contribution >= 0.6 is 0 Å². The second kappa shape index (κ2) is 10.1. The Hall–Kier alpha value is -3.28. The summed E-state index contributed by atoms with van der Waals surface area (Å²) in [6, 6.07) is 14.7. The minimum atomic E-state index is -3.89. The Morgan fingerprint density at radius 2 is 1.83 bits per heavy atom. The standard InChI is InChI=1S/C24H24N2O7S2/c1-2-19(26-35(31,32)18-9-4-3-5-10-18)21-14-20(27)23(24(28)33-21)22(15-11-12-15)16-7-6-8-17(13-16)25-34(29)30/h3-10,13-15,19,22,26-27H,2,11-12H2,1H3. The summed E-state index contributed by atoms with van der Waals surface area (Å²) < 4.78 is 59.1. The Labute approximate surface area is 204 Å². The quantitative estimate of drug-likeness (QED) is 0.437. The SMILES string of the molecule is CCC(NS(=O)(=O)c1ccccc1)c1cc(O)c(C(c2cccc(N=S(=O)=O)c2)C2CC2)c(=O)o1. The van der Waals surface area contributed by atoms with Crippen LogP contribution in [0.1, 0.15) is 55.0 Å². The highest BCUT2D eigenvalue weighted by atomic mass is 32.2. The number of benzene rings is 2. The summed E-state index contributed by atoms with van der Waals surface area (Å²) in [7, 11) is -6.52. The molecule has 1 aromatic heterocycles. The van der Waals surface area contributed by atoms with E-state index in [4.69, 9.17) is 4.42 Å². The van der Waals surface area contributed by atoms with Crippen LogP contribution in [0.25, 0.3) is 0 Å². The lowest BCUT2D eigenvalue weighted by atomic mass is 9.87. The van der Waals surface area contributed by atoms with Crippen molar-refractivity contribution in [3.8, 4) is 5.75 Å². The minimum Gasteiger partial charge on any atom is -0.507 e. The molecule has 11 heteroatoms. The van der Waals surface area contributed by atoms with E-state index in [0.717, 1.165) is 12.8 Å². The lowest BCUT2D eigenvalue weighted by Gasteiger charge is -2.20. The van der Waals surface area contributed by atoms with E-state index in [1.807, 2.05) is 0 Å². The number of hydrogen-bond donors (Lipinski definition) is 2. The van der Waals surface area contributed by atoms with Crippen molar-refractivity contribution in [2.45, 2.75) is 43.0 Å². The van der Waals surface area contributed by atoms with E-state index in [2.05, 4.69) is 9.08 Å². The number of aromatic hydroxyl groups is 1. The fourth-order valence-corrected chi connectivity index (χ4v) is 5.72. The molecule has 0 amide bonds. The van der Waals surface area contributed by atoms with Crippen molar-refractivity contribution in [3.63, 3.8) is 0 Å². The number of rotatable bonds is 9. The largest absolute Gasteiger partial charge is 0.507 e. The van der Waals surface area contributed by atoms with Gasteiger partial charge < -0.3 is 9.52 Å². The molecule has 1 aliphatic rings. The van der Waals surface area contributed by atoms with Crippen molar-refractivity contribution in [3.05, 3.63) is 88.0 Å². The summed E-state index contributed by atoms with van der Waals surface area (Å²) in [5.41, 5.74) is 0.121. The molecule has 1 heterocycles. The first-order valence-electron chi connectivity index (χ1n) is 11.0. The second-order valence-electron chi connectivity index (χ2n) is 8.35. The first-order valence-corrected chi connectivity index (χ1v) is 13.6. The Kier molecular flexibility index (Phi) is 7.20. The monoisotopic (exact) mass is 516 g/mol. The third kappa shape index (κ3) is 5.69. The van der Waals surface area contributed by atoms with Gasteiger partial charge in [-0.3, -0.25) is 0 Å². The smallest absolute Gasteiger partial charge is 0.343 e. The van der Waals surface area contributed by atoms with Gasteiger partial charge in [0.15, 0.2) is 0 Å². The maximum Gasteiger partial charge on any atom is 0.343 e. The van der Waals surface area contributed by atoms with Gasteiger partial charge in [-0.05, 0) is 55.0 Å². The Balaban J connectivity index is 1.71. The summed E-state index contributed by atoms with van der Waals surface area (Å²) in [5, 5.41) is 10.9. The fourth-order valence-electron chi connectivity index (χ4n) is 4.13. The molecule has 2 N–H and O–H groups in total. The maximum absolute atomic E-state index is 13.1. The van der Waals surface area contributed by atoms with E-state index in [9.17, 15) is 26.7 Å². The van der Waals surface area contributed by atoms with E-state index >= 15 is 0 Å². The van der Waals surface area contributed by atoms with Gasteiger partial charge in [0, 0.05) is 12.0 Å². The Morgan fingerprint density at radius 1 is 1.11 bits per heavy atom. The molecule has 3 aromatic rings. The van der Waals surface area contributed by atoms with Crippen LogP contribution in [-0.2, 0) is 20.5 Å². The summed E-state index contributed by atoms with van der Waals surface area (Å²) >= 11 is 0. The third-order valence-corrected chi connectivity index (χ3v) is 7.75. The summed E-state index contributed by atoms with van der Waals surface area (Å²) in [4.78, 5) is 13.2. The van der Waals surface area contributed by atoms with Gasteiger partial charge in [-0.25, -0.2) is 17.9 Å². The Bertz CT molecular complexity index is 1520. The molecular weight excluding hydrogens is 492 g/mol. The molecule has 1 saturated carbocycles. The first kappa shape index (κ1) is 24.8. The van der Waals surface area contributed by atoms with Crippen molar-refractivity contribution < 1.29 is 26.4 Å². The van der Waals surface area contributed by atoms with Crippen molar-refractivity contribution in [1.29, 1.82) is 0 Å². The van der Waals surface area contributed by atoms with E-state index in [0.29, 0.717) is 5.56 Å². The molecule has 1 fully saturated rings. The van der Waals surface area contributed by atoms with Crippen molar-refractivity contribution in [1.82, 2.24) is 4.72 Å². The second-order valence-corrected chi connectivity index (χ2v) is 10.7. The van der Waals surface area contributed by atoms with Crippen LogP contribution in [0.15, 0.2) is 79.1 Å². The van der Waals surface area contributed by atoms with Crippen LogP contribution in [0.4, 0.5) is 5.69 Å². The topological polar surface area (TPSA) is 143 Å². The van der Waals surface area contributed by atoms with Gasteiger partial charge in [0.05, 0.1) is 22.2 Å². The maximum atomic E-state index is 13.1. The van der Waals surface area contributed by atoms with Crippen LogP contribution in [0.3, 0.4) is 0 Å². The minimum absolute atomic E-state index is 0.00157. The average molecular weight is 517 g/mol.